The largest absolute Gasteiger partial charge is 0.480 e. The summed E-state index contributed by atoms with van der Waals surface area (Å²) in [5, 5.41) is 8.24. The van der Waals surface area contributed by atoms with Gasteiger partial charge in [-0.2, -0.15) is 0 Å². The molecule has 0 aromatic carbocycles. The number of carbonyl (C=O) groups is 1. The van der Waals surface area contributed by atoms with Gasteiger partial charge in [-0.3, -0.25) is 0 Å². The van der Waals surface area contributed by atoms with E-state index in [0.29, 0.717) is 0 Å². The summed E-state index contributed by atoms with van der Waals surface area (Å²) in [4.78, 5) is 10.0. The zero-order valence-corrected chi connectivity index (χ0v) is 7.44. The molecule has 2 atom stereocenters. The molecule has 0 aliphatic carbocycles. The van der Waals surface area contributed by atoms with E-state index in [1.54, 1.807) is 13.8 Å². The average molecular weight is 178 g/mol. The first-order valence-corrected chi connectivity index (χ1v) is 3.58. The fourth-order valence-electron chi connectivity index (χ4n) is 0.553. The van der Waals surface area contributed by atoms with Crippen LogP contribution in [0.15, 0.2) is 0 Å². The second kappa shape index (κ2) is 5.93. The molecule has 5 nitrogen and oxygen atoms in total. The predicted molar refractivity (Wildman–Crippen MR) is 40.6 cm³/mol. The molecule has 0 radical (unpaired) electrons. The van der Waals surface area contributed by atoms with Crippen LogP contribution in [0.4, 0.5) is 0 Å². The van der Waals surface area contributed by atoms with Crippen molar-refractivity contribution < 1.29 is 24.1 Å². The minimum Gasteiger partial charge on any atom is -0.480 e. The number of hydrogen-bond acceptors (Lipinski definition) is 4. The predicted octanol–water partition coefficient (Wildman–Crippen LogP) is 0.443. The van der Waals surface area contributed by atoms with Crippen molar-refractivity contribution in [2.24, 2.45) is 0 Å². The summed E-state index contributed by atoms with van der Waals surface area (Å²) in [6.45, 7) is 2.94. The molecule has 12 heavy (non-hydrogen) atoms. The Morgan fingerprint density at radius 2 is 2.00 bits per heavy atom. The summed E-state index contributed by atoms with van der Waals surface area (Å²) in [6.07, 6.45) is -0.968. The Bertz CT molecular complexity index is 136. The third-order valence-electron chi connectivity index (χ3n) is 1.16. The van der Waals surface area contributed by atoms with Gasteiger partial charge in [-0.25, -0.2) is 4.79 Å². The van der Waals surface area contributed by atoms with Crippen LogP contribution in [0.1, 0.15) is 13.8 Å². The Morgan fingerprint density at radius 3 is 2.42 bits per heavy atom. The van der Waals surface area contributed by atoms with Crippen molar-refractivity contribution in [3.05, 3.63) is 0 Å². The Labute approximate surface area is 71.2 Å². The lowest BCUT2D eigenvalue weighted by atomic mass is 10.6. The maximum atomic E-state index is 10.0. The SMILES string of the molecule is COC(C)OC(C)OCC(=O)O. The number of carboxylic acids is 1. The number of hydrogen-bond donors (Lipinski definition) is 1. The van der Waals surface area contributed by atoms with Crippen molar-refractivity contribution in [3.63, 3.8) is 0 Å². The van der Waals surface area contributed by atoms with Crippen LogP contribution in [-0.4, -0.2) is 37.4 Å². The van der Waals surface area contributed by atoms with Gasteiger partial charge in [0.05, 0.1) is 0 Å². The Morgan fingerprint density at radius 1 is 1.42 bits per heavy atom. The molecule has 1 N–H and O–H groups in total. The van der Waals surface area contributed by atoms with Crippen LogP contribution in [-0.2, 0) is 19.0 Å². The molecule has 0 bridgehead atoms. The van der Waals surface area contributed by atoms with Crippen LogP contribution in [0.25, 0.3) is 0 Å². The van der Waals surface area contributed by atoms with Crippen LogP contribution in [0.3, 0.4) is 0 Å². The highest BCUT2D eigenvalue weighted by atomic mass is 16.8. The molecule has 0 aliphatic heterocycles. The third kappa shape index (κ3) is 6.09. The Hall–Kier alpha value is -0.650. The van der Waals surface area contributed by atoms with Crippen LogP contribution >= 0.6 is 0 Å². The number of ether oxygens (including phenoxy) is 3. The molecule has 0 heterocycles. The molecule has 2 unspecified atom stereocenters. The van der Waals surface area contributed by atoms with E-state index in [4.69, 9.17) is 19.3 Å². The highest BCUT2D eigenvalue weighted by Gasteiger charge is 2.08. The molecule has 0 saturated carbocycles. The lowest BCUT2D eigenvalue weighted by Gasteiger charge is -2.17. The molecular formula is C7H14O5. The normalized spacial score (nSPS) is 15.6. The van der Waals surface area contributed by atoms with Gasteiger partial charge in [-0.1, -0.05) is 0 Å². The second-order valence-electron chi connectivity index (χ2n) is 2.21. The summed E-state index contributed by atoms with van der Waals surface area (Å²) in [6, 6.07) is 0. The van der Waals surface area contributed by atoms with Crippen LogP contribution in [0.2, 0.25) is 0 Å². The summed E-state index contributed by atoms with van der Waals surface area (Å²) in [7, 11) is 1.49. The van der Waals surface area contributed by atoms with Crippen molar-refractivity contribution >= 4 is 5.97 Å². The van der Waals surface area contributed by atoms with Crippen LogP contribution in [0, 0.1) is 0 Å². The smallest absolute Gasteiger partial charge is 0.329 e. The number of methoxy groups -OCH3 is 1. The highest BCUT2D eigenvalue weighted by Crippen LogP contribution is 1.99. The molecule has 0 aromatic rings. The molecular weight excluding hydrogens is 164 g/mol. The quantitative estimate of drug-likeness (QED) is 0.598. The fraction of sp³-hybridized carbons (Fsp3) is 0.857. The third-order valence-corrected chi connectivity index (χ3v) is 1.16. The molecule has 0 aromatic heterocycles. The Kier molecular flexibility index (Phi) is 5.61. The van der Waals surface area contributed by atoms with E-state index in [1.165, 1.54) is 7.11 Å². The average Bonchev–Trinajstić information content (AvgIpc) is 2.00. The van der Waals surface area contributed by atoms with Gasteiger partial charge in [0.15, 0.2) is 12.6 Å². The first-order chi connectivity index (χ1) is 5.56. The standard InChI is InChI=1S/C7H14O5/c1-5(10-3)12-6(2)11-4-7(8)9/h5-6H,4H2,1-3H3,(H,8,9). The molecule has 0 aliphatic rings. The van der Waals surface area contributed by atoms with Gasteiger partial charge in [-0.05, 0) is 13.8 Å². The maximum absolute atomic E-state index is 10.0. The van der Waals surface area contributed by atoms with Gasteiger partial charge in [-0.15, -0.1) is 0 Å². The fourth-order valence-corrected chi connectivity index (χ4v) is 0.553. The van der Waals surface area contributed by atoms with Crippen molar-refractivity contribution in [2.75, 3.05) is 13.7 Å². The zero-order chi connectivity index (χ0) is 9.56. The first-order valence-electron chi connectivity index (χ1n) is 3.58. The topological polar surface area (TPSA) is 65.0 Å². The summed E-state index contributed by atoms with van der Waals surface area (Å²) >= 11 is 0. The van der Waals surface area contributed by atoms with E-state index < -0.39 is 18.5 Å². The molecule has 0 amide bonds. The molecule has 0 saturated heterocycles. The van der Waals surface area contributed by atoms with Crippen LogP contribution in [0.5, 0.6) is 0 Å². The van der Waals surface area contributed by atoms with Crippen molar-refractivity contribution in [1.29, 1.82) is 0 Å². The van der Waals surface area contributed by atoms with Crippen molar-refractivity contribution in [3.8, 4) is 0 Å². The first kappa shape index (κ1) is 11.4. The minimum atomic E-state index is -1.02. The second-order valence-corrected chi connectivity index (χ2v) is 2.21. The van der Waals surface area contributed by atoms with Crippen molar-refractivity contribution in [1.82, 2.24) is 0 Å². The van der Waals surface area contributed by atoms with Gasteiger partial charge in [0.25, 0.3) is 0 Å². The maximum Gasteiger partial charge on any atom is 0.329 e. The van der Waals surface area contributed by atoms with E-state index in [9.17, 15) is 4.79 Å². The molecule has 72 valence electrons. The Balaban J connectivity index is 3.45. The van der Waals surface area contributed by atoms with E-state index in [-0.39, 0.29) is 6.61 Å². The lowest BCUT2D eigenvalue weighted by molar-refractivity contribution is -0.225. The molecule has 0 rings (SSSR count). The lowest BCUT2D eigenvalue weighted by Crippen LogP contribution is -2.23. The van der Waals surface area contributed by atoms with Gasteiger partial charge in [0.1, 0.15) is 6.61 Å². The molecule has 0 spiro atoms. The van der Waals surface area contributed by atoms with Crippen LogP contribution < -0.4 is 0 Å². The monoisotopic (exact) mass is 178 g/mol. The van der Waals surface area contributed by atoms with Gasteiger partial charge < -0.3 is 19.3 Å². The number of carboxylic acid groups (broad SMARTS) is 1. The van der Waals surface area contributed by atoms with Gasteiger partial charge in [0.2, 0.25) is 0 Å². The summed E-state index contributed by atoms with van der Waals surface area (Å²) < 4.78 is 14.6. The van der Waals surface area contributed by atoms with Gasteiger partial charge >= 0.3 is 5.97 Å². The number of aliphatic carboxylic acids is 1. The minimum absolute atomic E-state index is 0.363. The van der Waals surface area contributed by atoms with E-state index >= 15 is 0 Å². The van der Waals surface area contributed by atoms with Crippen molar-refractivity contribution in [2.45, 2.75) is 26.4 Å². The zero-order valence-electron chi connectivity index (χ0n) is 7.44. The molecule has 0 fully saturated rings. The van der Waals surface area contributed by atoms with E-state index in [1.807, 2.05) is 0 Å². The molecule has 5 heteroatoms. The van der Waals surface area contributed by atoms with E-state index in [0.717, 1.165) is 0 Å². The number of rotatable bonds is 6. The van der Waals surface area contributed by atoms with Gasteiger partial charge in [0, 0.05) is 7.11 Å². The summed E-state index contributed by atoms with van der Waals surface area (Å²) in [5.74, 6) is -1.02. The van der Waals surface area contributed by atoms with E-state index in [2.05, 4.69) is 0 Å². The highest BCUT2D eigenvalue weighted by molar-refractivity contribution is 5.67. The summed E-state index contributed by atoms with van der Waals surface area (Å²) in [5.41, 5.74) is 0.